The van der Waals surface area contributed by atoms with Gasteiger partial charge in [0.15, 0.2) is 0 Å². The molecule has 0 aromatic carbocycles. The van der Waals surface area contributed by atoms with E-state index in [1.54, 1.807) is 4.90 Å². The molecule has 49 heavy (non-hydrogen) atoms. The van der Waals surface area contributed by atoms with Gasteiger partial charge in [-0.1, -0.05) is 142 Å². The van der Waals surface area contributed by atoms with E-state index >= 15 is 0 Å². The van der Waals surface area contributed by atoms with Gasteiger partial charge in [-0.15, -0.1) is 0 Å². The third-order valence-corrected chi connectivity index (χ3v) is 9.23. The Morgan fingerprint density at radius 3 is 1.08 bits per heavy atom. The van der Waals surface area contributed by atoms with Crippen molar-refractivity contribution in [2.75, 3.05) is 67.5 Å². The molecule has 0 saturated carbocycles. The molecule has 0 saturated heterocycles. The molecule has 3 amide bonds. The Balaban J connectivity index is 4.67. The standard InChI is InChI=1S/C40H81N5O4/c1-7-9-11-13-15-17-19-21-23-25-27-29-38(46)41-35-37(49-40(48)45(33-31-43(3)4)34-32-44(5)6)36-42-39(47)30-28-26-24-22-20-18-16-14-12-10-8-2/h37H,7-36H2,1-6H3,(H,41,46)(H,42,47). The van der Waals surface area contributed by atoms with Crippen LogP contribution in [0.15, 0.2) is 0 Å². The van der Waals surface area contributed by atoms with Crippen LogP contribution >= 0.6 is 0 Å². The van der Waals surface area contributed by atoms with Crippen LogP contribution in [0.25, 0.3) is 0 Å². The smallest absolute Gasteiger partial charge is 0.410 e. The predicted octanol–water partition coefficient (Wildman–Crippen LogP) is 8.55. The summed E-state index contributed by atoms with van der Waals surface area (Å²) in [7, 11) is 7.92. The van der Waals surface area contributed by atoms with Crippen LogP contribution in [0.4, 0.5) is 4.79 Å². The fourth-order valence-electron chi connectivity index (χ4n) is 5.84. The maximum absolute atomic E-state index is 13.3. The zero-order valence-electron chi connectivity index (χ0n) is 33.3. The van der Waals surface area contributed by atoms with Crippen LogP contribution in [0.3, 0.4) is 0 Å². The fraction of sp³-hybridized carbons (Fsp3) is 0.925. The Morgan fingerprint density at radius 2 is 0.776 bits per heavy atom. The quantitative estimate of drug-likeness (QED) is 0.0646. The molecule has 0 fully saturated rings. The van der Waals surface area contributed by atoms with Crippen LogP contribution in [0, 0.1) is 0 Å². The number of carbonyl (C=O) groups is 3. The zero-order chi connectivity index (χ0) is 36.4. The Hall–Kier alpha value is -1.87. The number of amides is 3. The minimum absolute atomic E-state index is 0.0265. The molecule has 0 aliphatic rings. The molecule has 290 valence electrons. The van der Waals surface area contributed by atoms with Crippen LogP contribution in [0.5, 0.6) is 0 Å². The average Bonchev–Trinajstić information content (AvgIpc) is 3.06. The Kier molecular flexibility index (Phi) is 33.3. The van der Waals surface area contributed by atoms with Gasteiger partial charge in [-0.25, -0.2) is 4.79 Å². The van der Waals surface area contributed by atoms with Crippen molar-refractivity contribution in [3.05, 3.63) is 0 Å². The van der Waals surface area contributed by atoms with Gasteiger partial charge in [0.2, 0.25) is 11.8 Å². The lowest BCUT2D eigenvalue weighted by atomic mass is 10.1. The molecule has 0 rings (SSSR count). The van der Waals surface area contributed by atoms with Crippen molar-refractivity contribution in [2.45, 2.75) is 174 Å². The van der Waals surface area contributed by atoms with Crippen LogP contribution in [0.1, 0.15) is 168 Å². The highest BCUT2D eigenvalue weighted by Crippen LogP contribution is 2.13. The number of nitrogens with one attached hydrogen (secondary N) is 2. The van der Waals surface area contributed by atoms with E-state index in [0.29, 0.717) is 25.9 Å². The predicted molar refractivity (Wildman–Crippen MR) is 207 cm³/mol. The highest BCUT2D eigenvalue weighted by molar-refractivity contribution is 5.76. The molecule has 2 N–H and O–H groups in total. The number of likely N-dealkylation sites (N-methyl/N-ethyl adjacent to an activating group) is 2. The molecular formula is C40H81N5O4. The number of hydrogen-bond acceptors (Lipinski definition) is 6. The summed E-state index contributed by atoms with van der Waals surface area (Å²) in [6.07, 6.45) is 27.2. The Labute approximate surface area is 303 Å². The summed E-state index contributed by atoms with van der Waals surface area (Å²) in [5, 5.41) is 5.95. The van der Waals surface area contributed by atoms with Crippen molar-refractivity contribution in [3.63, 3.8) is 0 Å². The van der Waals surface area contributed by atoms with Gasteiger partial charge in [0.25, 0.3) is 0 Å². The number of unbranched alkanes of at least 4 members (excludes halogenated alkanes) is 20. The van der Waals surface area contributed by atoms with Crippen LogP contribution < -0.4 is 10.6 Å². The van der Waals surface area contributed by atoms with E-state index in [2.05, 4.69) is 24.5 Å². The fourth-order valence-corrected chi connectivity index (χ4v) is 5.84. The molecule has 9 nitrogen and oxygen atoms in total. The normalized spacial score (nSPS) is 11.4. The second-order valence-corrected chi connectivity index (χ2v) is 14.8. The van der Waals surface area contributed by atoms with Crippen molar-refractivity contribution in [3.8, 4) is 0 Å². The molecule has 0 spiro atoms. The highest BCUT2D eigenvalue weighted by Gasteiger charge is 2.22. The number of hydrogen-bond donors (Lipinski definition) is 2. The molecule has 9 heteroatoms. The van der Waals surface area contributed by atoms with Gasteiger partial charge in [-0.05, 0) is 41.0 Å². The van der Waals surface area contributed by atoms with Crippen LogP contribution in [-0.4, -0.2) is 106 Å². The first-order chi connectivity index (χ1) is 23.7. The van der Waals surface area contributed by atoms with Crippen molar-refractivity contribution >= 4 is 17.9 Å². The summed E-state index contributed by atoms with van der Waals surface area (Å²) >= 11 is 0. The van der Waals surface area contributed by atoms with Crippen molar-refractivity contribution in [1.82, 2.24) is 25.3 Å². The van der Waals surface area contributed by atoms with Gasteiger partial charge < -0.3 is 30.1 Å². The second-order valence-electron chi connectivity index (χ2n) is 14.8. The van der Waals surface area contributed by atoms with Crippen molar-refractivity contribution in [2.24, 2.45) is 0 Å². The molecule has 0 heterocycles. The third-order valence-electron chi connectivity index (χ3n) is 9.23. The molecule has 0 aromatic heterocycles. The van der Waals surface area contributed by atoms with Crippen molar-refractivity contribution in [1.29, 1.82) is 0 Å². The molecule has 0 aliphatic heterocycles. The van der Waals surface area contributed by atoms with Gasteiger partial charge >= 0.3 is 6.09 Å². The molecule has 0 unspecified atom stereocenters. The van der Waals surface area contributed by atoms with E-state index < -0.39 is 12.2 Å². The molecular weight excluding hydrogens is 614 g/mol. The summed E-state index contributed by atoms with van der Waals surface area (Å²) in [5.41, 5.74) is 0. The molecule has 0 atom stereocenters. The minimum atomic E-state index is -0.628. The lowest BCUT2D eigenvalue weighted by molar-refractivity contribution is -0.121. The third kappa shape index (κ3) is 33.1. The molecule has 0 radical (unpaired) electrons. The van der Waals surface area contributed by atoms with E-state index in [1.807, 2.05) is 38.0 Å². The first-order valence-electron chi connectivity index (χ1n) is 20.5. The van der Waals surface area contributed by atoms with Gasteiger partial charge in [-0.2, -0.15) is 0 Å². The Bertz CT molecular complexity index is 726. The summed E-state index contributed by atoms with van der Waals surface area (Å²) in [5.74, 6) is -0.0531. The maximum Gasteiger partial charge on any atom is 0.410 e. The van der Waals surface area contributed by atoms with Gasteiger partial charge in [0.05, 0.1) is 13.1 Å². The highest BCUT2D eigenvalue weighted by atomic mass is 16.6. The average molecular weight is 696 g/mol. The number of ether oxygens (including phenoxy) is 1. The largest absolute Gasteiger partial charge is 0.442 e. The van der Waals surface area contributed by atoms with E-state index in [0.717, 1.165) is 38.8 Å². The van der Waals surface area contributed by atoms with Gasteiger partial charge in [0, 0.05) is 39.0 Å². The van der Waals surface area contributed by atoms with Gasteiger partial charge in [0.1, 0.15) is 6.10 Å². The van der Waals surface area contributed by atoms with E-state index in [4.69, 9.17) is 4.74 Å². The summed E-state index contributed by atoms with van der Waals surface area (Å²) in [4.78, 5) is 44.4. The first-order valence-corrected chi connectivity index (χ1v) is 20.5. The molecule has 0 aromatic rings. The number of carbonyl (C=O) groups excluding carboxylic acids is 3. The lowest BCUT2D eigenvalue weighted by Crippen LogP contribution is -2.47. The monoisotopic (exact) mass is 696 g/mol. The minimum Gasteiger partial charge on any atom is -0.442 e. The summed E-state index contributed by atoms with van der Waals surface area (Å²) < 4.78 is 5.92. The number of rotatable bonds is 35. The van der Waals surface area contributed by atoms with E-state index in [-0.39, 0.29) is 24.9 Å². The van der Waals surface area contributed by atoms with E-state index in [9.17, 15) is 14.4 Å². The van der Waals surface area contributed by atoms with Crippen LogP contribution in [-0.2, 0) is 14.3 Å². The zero-order valence-corrected chi connectivity index (χ0v) is 33.3. The van der Waals surface area contributed by atoms with Gasteiger partial charge in [-0.3, -0.25) is 9.59 Å². The molecule has 0 aliphatic carbocycles. The first kappa shape index (κ1) is 47.1. The van der Waals surface area contributed by atoms with Crippen molar-refractivity contribution < 1.29 is 19.1 Å². The summed E-state index contributed by atoms with van der Waals surface area (Å²) in [6.45, 7) is 7.42. The van der Waals surface area contributed by atoms with Crippen LogP contribution in [0.2, 0.25) is 0 Å². The topological polar surface area (TPSA) is 94.2 Å². The second kappa shape index (κ2) is 34.6. The lowest BCUT2D eigenvalue weighted by Gasteiger charge is -2.28. The maximum atomic E-state index is 13.3. The Morgan fingerprint density at radius 1 is 0.469 bits per heavy atom. The number of nitrogens with zero attached hydrogens (tertiary/aromatic N) is 3. The summed E-state index contributed by atoms with van der Waals surface area (Å²) in [6, 6.07) is 0. The SMILES string of the molecule is CCCCCCCCCCCCCC(=O)NCC(CNC(=O)CCCCCCCCCCCCC)OC(=O)N(CCN(C)C)CCN(C)C. The van der Waals surface area contributed by atoms with E-state index in [1.165, 1.54) is 116 Å². The molecule has 0 bridgehead atoms.